The molecular formula is C28H25FN8O2. The summed E-state index contributed by atoms with van der Waals surface area (Å²) in [4.78, 5) is 36.6. The molecule has 39 heavy (non-hydrogen) atoms. The Kier molecular flexibility index (Phi) is 5.90. The van der Waals surface area contributed by atoms with Crippen LogP contribution in [0.25, 0.3) is 22.5 Å². The Morgan fingerprint density at radius 2 is 1.74 bits per heavy atom. The van der Waals surface area contributed by atoms with Crippen molar-refractivity contribution in [3.63, 3.8) is 0 Å². The molecule has 196 valence electrons. The number of carbonyl (C=O) groups is 2. The zero-order valence-corrected chi connectivity index (χ0v) is 21.6. The summed E-state index contributed by atoms with van der Waals surface area (Å²) in [6.07, 6.45) is 3.11. The first-order valence-electron chi connectivity index (χ1n) is 12.5. The molecule has 3 aromatic heterocycles. The van der Waals surface area contributed by atoms with E-state index in [1.54, 1.807) is 34.0 Å². The number of halogens is 1. The molecule has 1 N–H and O–H groups in total. The van der Waals surface area contributed by atoms with Gasteiger partial charge in [-0.25, -0.2) is 19.0 Å². The molecule has 6 rings (SSSR count). The highest BCUT2D eigenvalue weighted by atomic mass is 19.1. The maximum Gasteiger partial charge on any atom is 0.230 e. The Balaban J connectivity index is 1.28. The van der Waals surface area contributed by atoms with Gasteiger partial charge in [0.15, 0.2) is 11.5 Å². The van der Waals surface area contributed by atoms with Gasteiger partial charge in [-0.15, -0.1) is 0 Å². The molecule has 1 unspecified atom stereocenters. The summed E-state index contributed by atoms with van der Waals surface area (Å²) in [5.41, 5.74) is 4.84. The molecule has 0 bridgehead atoms. The lowest BCUT2D eigenvalue weighted by molar-refractivity contribution is -0.122. The van der Waals surface area contributed by atoms with Crippen molar-refractivity contribution in [1.29, 1.82) is 0 Å². The van der Waals surface area contributed by atoms with Gasteiger partial charge < -0.3 is 10.2 Å². The van der Waals surface area contributed by atoms with Crippen LogP contribution in [-0.2, 0) is 9.59 Å². The van der Waals surface area contributed by atoms with Crippen molar-refractivity contribution in [2.24, 2.45) is 5.92 Å². The SMILES string of the molecule is Cc1cc(NC(=O)C2CC(=O)N(c3ccc(C)c(C)c3)C2)n(-c2ncnc3c2cnn3-c2ccc(F)cc2)n1. The lowest BCUT2D eigenvalue weighted by Crippen LogP contribution is -2.28. The van der Waals surface area contributed by atoms with Crippen LogP contribution in [0.1, 0.15) is 23.2 Å². The van der Waals surface area contributed by atoms with E-state index >= 15 is 0 Å². The molecule has 2 amide bonds. The quantitative estimate of drug-likeness (QED) is 0.371. The Labute approximate surface area is 223 Å². The summed E-state index contributed by atoms with van der Waals surface area (Å²) in [5.74, 6) is -0.384. The van der Waals surface area contributed by atoms with Gasteiger partial charge in [-0.05, 0) is 68.3 Å². The summed E-state index contributed by atoms with van der Waals surface area (Å²) >= 11 is 0. The normalized spacial score (nSPS) is 15.3. The average Bonchev–Trinajstić information content (AvgIpc) is 3.62. The van der Waals surface area contributed by atoms with Gasteiger partial charge in [-0.3, -0.25) is 9.59 Å². The number of hydrogen-bond donors (Lipinski definition) is 1. The molecule has 0 spiro atoms. The van der Waals surface area contributed by atoms with E-state index in [0.29, 0.717) is 40.6 Å². The van der Waals surface area contributed by atoms with Crippen molar-refractivity contribution in [3.05, 3.63) is 83.7 Å². The van der Waals surface area contributed by atoms with Gasteiger partial charge >= 0.3 is 0 Å². The molecular weight excluding hydrogens is 499 g/mol. The Hall–Kier alpha value is -4.93. The maximum atomic E-state index is 13.4. The molecule has 1 atom stereocenters. The van der Waals surface area contributed by atoms with E-state index in [1.165, 1.54) is 23.1 Å². The highest BCUT2D eigenvalue weighted by Crippen LogP contribution is 2.29. The zero-order valence-electron chi connectivity index (χ0n) is 21.6. The van der Waals surface area contributed by atoms with E-state index in [4.69, 9.17) is 0 Å². The maximum absolute atomic E-state index is 13.4. The molecule has 1 fully saturated rings. The van der Waals surface area contributed by atoms with Gasteiger partial charge in [-0.2, -0.15) is 14.9 Å². The summed E-state index contributed by atoms with van der Waals surface area (Å²) in [5, 5.41) is 12.5. The minimum atomic E-state index is -0.519. The van der Waals surface area contributed by atoms with E-state index in [-0.39, 0.29) is 24.1 Å². The number of fused-ring (bicyclic) bond motifs is 1. The minimum Gasteiger partial charge on any atom is -0.312 e. The standard InChI is InChI=1S/C28H25FN8O2/c1-16-4-7-22(10-17(16)2)35-14-19(12-25(35)38)28(39)33-24-11-18(3)34-37(24)27-23-13-32-36(26(23)30-15-31-27)21-8-5-20(29)6-9-21/h4-11,13,15,19H,12,14H2,1-3H3,(H,33,39). The van der Waals surface area contributed by atoms with E-state index in [9.17, 15) is 14.0 Å². The number of aryl methyl sites for hydroxylation is 3. The van der Waals surface area contributed by atoms with E-state index < -0.39 is 5.92 Å². The molecule has 5 aromatic rings. The van der Waals surface area contributed by atoms with E-state index in [1.807, 2.05) is 39.0 Å². The Morgan fingerprint density at radius 3 is 2.51 bits per heavy atom. The molecule has 0 radical (unpaired) electrons. The highest BCUT2D eigenvalue weighted by molar-refractivity contribution is 6.03. The third kappa shape index (κ3) is 4.41. The summed E-state index contributed by atoms with van der Waals surface area (Å²) in [6.45, 7) is 6.13. The van der Waals surface area contributed by atoms with Crippen LogP contribution in [0.2, 0.25) is 0 Å². The first-order valence-corrected chi connectivity index (χ1v) is 12.5. The van der Waals surface area contributed by atoms with Crippen LogP contribution in [0, 0.1) is 32.5 Å². The van der Waals surface area contributed by atoms with Gasteiger partial charge in [0.25, 0.3) is 0 Å². The minimum absolute atomic E-state index is 0.0891. The number of aromatic nitrogens is 6. The van der Waals surface area contributed by atoms with Crippen LogP contribution in [-0.4, -0.2) is 47.9 Å². The number of rotatable bonds is 5. The number of carbonyl (C=O) groups excluding carboxylic acids is 2. The second-order valence-electron chi connectivity index (χ2n) is 9.71. The molecule has 0 saturated carbocycles. The van der Waals surface area contributed by atoms with Gasteiger partial charge in [0.2, 0.25) is 11.8 Å². The number of benzene rings is 2. The zero-order chi connectivity index (χ0) is 27.3. The fourth-order valence-electron chi connectivity index (χ4n) is 4.78. The van der Waals surface area contributed by atoms with Crippen LogP contribution < -0.4 is 10.2 Å². The molecule has 10 nitrogen and oxygen atoms in total. The summed E-state index contributed by atoms with van der Waals surface area (Å²) in [6, 6.07) is 13.5. The fourth-order valence-corrected chi connectivity index (χ4v) is 4.78. The van der Waals surface area contributed by atoms with Gasteiger partial charge in [0, 0.05) is 24.7 Å². The van der Waals surface area contributed by atoms with Crippen molar-refractivity contribution in [1.82, 2.24) is 29.5 Å². The van der Waals surface area contributed by atoms with Crippen molar-refractivity contribution in [2.75, 3.05) is 16.8 Å². The second kappa shape index (κ2) is 9.43. The molecule has 0 aliphatic carbocycles. The van der Waals surface area contributed by atoms with Crippen LogP contribution in [0.4, 0.5) is 15.9 Å². The van der Waals surface area contributed by atoms with Crippen LogP contribution in [0.15, 0.2) is 61.1 Å². The number of nitrogens with one attached hydrogen (secondary N) is 1. The van der Waals surface area contributed by atoms with Crippen molar-refractivity contribution in [2.45, 2.75) is 27.2 Å². The van der Waals surface area contributed by atoms with Crippen molar-refractivity contribution < 1.29 is 14.0 Å². The molecule has 11 heteroatoms. The Morgan fingerprint density at radius 1 is 0.974 bits per heavy atom. The van der Waals surface area contributed by atoms with E-state index in [2.05, 4.69) is 25.5 Å². The topological polar surface area (TPSA) is 111 Å². The number of nitrogens with zero attached hydrogens (tertiary/aromatic N) is 7. The molecule has 4 heterocycles. The molecule has 1 aliphatic heterocycles. The van der Waals surface area contributed by atoms with Gasteiger partial charge in [0.05, 0.1) is 28.9 Å². The van der Waals surface area contributed by atoms with Gasteiger partial charge in [0.1, 0.15) is 18.0 Å². The average molecular weight is 525 g/mol. The third-order valence-corrected chi connectivity index (χ3v) is 7.00. The first kappa shape index (κ1) is 24.4. The summed E-state index contributed by atoms with van der Waals surface area (Å²) in [7, 11) is 0. The Bertz CT molecular complexity index is 1740. The molecule has 1 saturated heterocycles. The summed E-state index contributed by atoms with van der Waals surface area (Å²) < 4.78 is 16.5. The van der Waals surface area contributed by atoms with Crippen LogP contribution in [0.3, 0.4) is 0 Å². The predicted molar refractivity (Wildman–Crippen MR) is 143 cm³/mol. The van der Waals surface area contributed by atoms with E-state index in [0.717, 1.165) is 16.8 Å². The lowest BCUT2D eigenvalue weighted by Gasteiger charge is -2.18. The number of hydrogen-bond acceptors (Lipinski definition) is 6. The van der Waals surface area contributed by atoms with Gasteiger partial charge in [-0.1, -0.05) is 6.07 Å². The largest absolute Gasteiger partial charge is 0.312 e. The smallest absolute Gasteiger partial charge is 0.230 e. The van der Waals surface area contributed by atoms with Crippen LogP contribution >= 0.6 is 0 Å². The third-order valence-electron chi connectivity index (χ3n) is 7.00. The molecule has 2 aromatic carbocycles. The fraction of sp³-hybridized carbons (Fsp3) is 0.214. The van der Waals surface area contributed by atoms with Crippen molar-refractivity contribution in [3.8, 4) is 11.5 Å². The second-order valence-corrected chi connectivity index (χ2v) is 9.71. The monoisotopic (exact) mass is 524 g/mol. The number of amides is 2. The predicted octanol–water partition coefficient (Wildman–Crippen LogP) is 4.06. The molecule has 1 aliphatic rings. The van der Waals surface area contributed by atoms with Crippen LogP contribution in [0.5, 0.6) is 0 Å². The highest BCUT2D eigenvalue weighted by Gasteiger charge is 2.35. The van der Waals surface area contributed by atoms with Crippen molar-refractivity contribution >= 4 is 34.4 Å². The lowest BCUT2D eigenvalue weighted by atomic mass is 10.1. The number of anilines is 2. The first-order chi connectivity index (χ1) is 18.8.